The van der Waals surface area contributed by atoms with Crippen LogP contribution in [0.15, 0.2) is 102 Å². The molecule has 43 heavy (non-hydrogen) atoms. The van der Waals surface area contributed by atoms with Crippen LogP contribution in [-0.2, 0) is 39.5 Å². The van der Waals surface area contributed by atoms with Gasteiger partial charge in [0.05, 0.1) is 22.4 Å². The molecule has 0 bridgehead atoms. The van der Waals surface area contributed by atoms with Crippen molar-refractivity contribution in [2.24, 2.45) is 5.41 Å². The monoisotopic (exact) mass is 740 g/mol. The number of hydrogen-bond acceptors (Lipinski definition) is 3. The smallest absolute Gasteiger partial charge is 0.120 e. The van der Waals surface area contributed by atoms with E-state index in [2.05, 4.69) is 91.0 Å². The maximum atomic E-state index is 6.11. The Balaban J connectivity index is 0.000000155. The second-order valence-corrected chi connectivity index (χ2v) is 12.2. The van der Waals surface area contributed by atoms with Gasteiger partial charge in [-0.15, -0.1) is 54.1 Å². The Morgan fingerprint density at radius 2 is 1.74 bits per heavy atom. The van der Waals surface area contributed by atoms with Gasteiger partial charge in [-0.2, -0.15) is 0 Å². The zero-order valence-electron chi connectivity index (χ0n) is 24.6. The second kappa shape index (κ2) is 11.9. The molecule has 0 amide bonds. The average Bonchev–Trinajstić information content (AvgIpc) is 3.57. The van der Waals surface area contributed by atoms with Gasteiger partial charge < -0.3 is 14.0 Å². The van der Waals surface area contributed by atoms with Crippen molar-refractivity contribution in [1.29, 1.82) is 0 Å². The first-order valence-corrected chi connectivity index (χ1v) is 14.7. The van der Waals surface area contributed by atoms with Crippen LogP contribution in [0, 0.1) is 17.5 Å². The summed E-state index contributed by atoms with van der Waals surface area (Å²) < 4.78 is 8.45. The maximum Gasteiger partial charge on any atom is 0.120 e. The molecule has 7 aromatic rings. The number of fused-ring (bicyclic) bond motifs is 3. The molecule has 4 heterocycles. The zero-order chi connectivity index (χ0) is 28.7. The molecule has 3 aromatic heterocycles. The van der Waals surface area contributed by atoms with E-state index in [-0.39, 0.29) is 25.5 Å². The number of imidazole rings is 1. The van der Waals surface area contributed by atoms with Crippen molar-refractivity contribution in [2.75, 3.05) is 0 Å². The molecule has 1 aliphatic rings. The molecule has 0 saturated carbocycles. The predicted octanol–water partition coefficient (Wildman–Crippen LogP) is 9.48. The summed E-state index contributed by atoms with van der Waals surface area (Å²) >= 11 is 0. The first kappa shape index (κ1) is 29.0. The third-order valence-electron chi connectivity index (χ3n) is 7.78. The quantitative estimate of drug-likeness (QED) is 0.170. The van der Waals surface area contributed by atoms with Gasteiger partial charge in [0.15, 0.2) is 0 Å². The molecule has 0 atom stereocenters. The van der Waals surface area contributed by atoms with Gasteiger partial charge >= 0.3 is 0 Å². The fourth-order valence-electron chi connectivity index (χ4n) is 6.06. The van der Waals surface area contributed by atoms with Gasteiger partial charge in [0.1, 0.15) is 5.58 Å². The van der Waals surface area contributed by atoms with E-state index in [1.165, 1.54) is 29.5 Å². The summed E-state index contributed by atoms with van der Waals surface area (Å²) in [5.74, 6) is 1.05. The van der Waals surface area contributed by atoms with Gasteiger partial charge in [-0.25, -0.2) is 0 Å². The fraction of sp³-hybridized carbons (Fsp3) is 0.211. The van der Waals surface area contributed by atoms with Gasteiger partial charge in [0.25, 0.3) is 0 Å². The fourth-order valence-corrected chi connectivity index (χ4v) is 6.06. The Morgan fingerprint density at radius 3 is 2.58 bits per heavy atom. The van der Waals surface area contributed by atoms with Crippen molar-refractivity contribution in [3.05, 3.63) is 120 Å². The number of benzene rings is 4. The molecule has 1 radical (unpaired) electrons. The normalized spacial score (nSPS) is 12.6. The van der Waals surface area contributed by atoms with E-state index in [0.29, 0.717) is 0 Å². The van der Waals surface area contributed by atoms with Crippen LogP contribution >= 0.6 is 0 Å². The Kier molecular flexibility index (Phi) is 8.05. The van der Waals surface area contributed by atoms with Crippen molar-refractivity contribution in [3.63, 3.8) is 0 Å². The summed E-state index contributed by atoms with van der Waals surface area (Å²) in [5.41, 5.74) is 10.1. The topological polar surface area (TPSA) is 43.9 Å². The molecule has 0 saturated heterocycles. The van der Waals surface area contributed by atoms with Gasteiger partial charge in [0, 0.05) is 38.2 Å². The SMILES string of the molecule is CC(C)(C)Cc1ccnc(-c2[c-]ccc3c2oc2ccccc23)c1.[Ir].[c-]1ccccc1-c1nc2cccc3c2n1CCC3. The minimum absolute atomic E-state index is 0. The second-order valence-electron chi connectivity index (χ2n) is 12.2. The summed E-state index contributed by atoms with van der Waals surface area (Å²) in [4.78, 5) is 9.36. The molecule has 8 rings (SSSR count). The molecule has 0 spiro atoms. The number of para-hydroxylation sites is 2. The Hall–Kier alpha value is -4.05. The Morgan fingerprint density at radius 1 is 0.884 bits per heavy atom. The largest absolute Gasteiger partial charge is 0.501 e. The van der Waals surface area contributed by atoms with E-state index in [1.54, 1.807) is 0 Å². The summed E-state index contributed by atoms with van der Waals surface area (Å²) in [6.07, 6.45) is 5.26. The van der Waals surface area contributed by atoms with Crippen LogP contribution in [0.4, 0.5) is 0 Å². The van der Waals surface area contributed by atoms with Gasteiger partial charge in [0.2, 0.25) is 0 Å². The van der Waals surface area contributed by atoms with Crippen LogP contribution in [0.2, 0.25) is 0 Å². The molecule has 1 aliphatic heterocycles. The third kappa shape index (κ3) is 5.80. The molecule has 4 aromatic carbocycles. The van der Waals surface area contributed by atoms with Crippen molar-refractivity contribution < 1.29 is 24.5 Å². The number of rotatable bonds is 3. The van der Waals surface area contributed by atoms with Crippen LogP contribution < -0.4 is 0 Å². The Bertz CT molecular complexity index is 2030. The molecule has 0 fully saturated rings. The number of aromatic nitrogens is 3. The number of pyridine rings is 1. The van der Waals surface area contributed by atoms with Crippen molar-refractivity contribution in [2.45, 2.75) is 46.6 Å². The van der Waals surface area contributed by atoms with E-state index in [1.807, 2.05) is 48.7 Å². The molecule has 217 valence electrons. The van der Waals surface area contributed by atoms with Crippen LogP contribution in [0.5, 0.6) is 0 Å². The van der Waals surface area contributed by atoms with Crippen LogP contribution in [-0.4, -0.2) is 14.5 Å². The van der Waals surface area contributed by atoms with Gasteiger partial charge in [-0.05, 0) is 54.1 Å². The Labute approximate surface area is 266 Å². The molecular weight excluding hydrogens is 707 g/mol. The first-order valence-electron chi connectivity index (χ1n) is 14.7. The van der Waals surface area contributed by atoms with Gasteiger partial charge in [-0.1, -0.05) is 73.7 Å². The molecular formula is C38H33IrN3O-2. The van der Waals surface area contributed by atoms with E-state index in [4.69, 9.17) is 9.40 Å². The number of furan rings is 1. The average molecular weight is 740 g/mol. The number of aryl methyl sites for hydroxylation is 2. The summed E-state index contributed by atoms with van der Waals surface area (Å²) in [6, 6.07) is 37.5. The predicted molar refractivity (Wildman–Crippen MR) is 171 cm³/mol. The molecule has 4 nitrogen and oxygen atoms in total. The number of nitrogens with zero attached hydrogens (tertiary/aromatic N) is 3. The first-order chi connectivity index (χ1) is 20.4. The summed E-state index contributed by atoms with van der Waals surface area (Å²) in [6.45, 7) is 7.81. The van der Waals surface area contributed by atoms with Crippen LogP contribution in [0.25, 0.3) is 55.6 Å². The standard InChI is InChI=1S/C22H20NO.C16H13N2.Ir/c1-22(2,3)14-15-11-12-23-19(13-15)18-9-6-8-17-16-7-4-5-10-20(16)24-21(17)18;1-2-6-13(7-3-1)16-17-14-10-4-8-12-9-5-11-18(16)15(12)14;/h4-8,10-13H,14H2,1-3H3;1-4,6,8,10H,5,9,11H2;/q2*-1;. The zero-order valence-corrected chi connectivity index (χ0v) is 27.0. The summed E-state index contributed by atoms with van der Waals surface area (Å²) in [7, 11) is 0. The third-order valence-corrected chi connectivity index (χ3v) is 7.78. The van der Waals surface area contributed by atoms with Crippen molar-refractivity contribution >= 4 is 33.0 Å². The minimum atomic E-state index is 0. The molecule has 0 unspecified atom stereocenters. The maximum absolute atomic E-state index is 6.11. The van der Waals surface area contributed by atoms with Gasteiger partial charge in [-0.3, -0.25) is 4.98 Å². The van der Waals surface area contributed by atoms with E-state index >= 15 is 0 Å². The molecule has 0 N–H and O–H groups in total. The molecule has 0 aliphatic carbocycles. The van der Waals surface area contributed by atoms with Crippen LogP contribution in [0.3, 0.4) is 0 Å². The van der Waals surface area contributed by atoms with Crippen molar-refractivity contribution in [1.82, 2.24) is 14.5 Å². The minimum Gasteiger partial charge on any atom is -0.501 e. The van der Waals surface area contributed by atoms with E-state index in [9.17, 15) is 0 Å². The number of hydrogen-bond donors (Lipinski definition) is 0. The van der Waals surface area contributed by atoms with E-state index < -0.39 is 0 Å². The van der Waals surface area contributed by atoms with E-state index in [0.717, 1.165) is 63.1 Å². The molecule has 5 heteroatoms. The van der Waals surface area contributed by atoms with Crippen LogP contribution in [0.1, 0.15) is 38.3 Å². The summed E-state index contributed by atoms with van der Waals surface area (Å²) in [5, 5.41) is 2.25. The van der Waals surface area contributed by atoms with Crippen molar-refractivity contribution in [3.8, 4) is 22.6 Å².